The summed E-state index contributed by atoms with van der Waals surface area (Å²) < 4.78 is 10.8. The maximum Gasteiger partial charge on any atom is 0.231 e. The molecule has 21 heavy (non-hydrogen) atoms. The number of rotatable bonds is 3. The lowest BCUT2D eigenvalue weighted by Crippen LogP contribution is -2.37. The number of halogens is 1. The van der Waals surface area contributed by atoms with Gasteiger partial charge in [0.1, 0.15) is 0 Å². The van der Waals surface area contributed by atoms with Crippen molar-refractivity contribution in [2.24, 2.45) is 17.8 Å². The SMILES string of the molecule is CC1CCC(C(C)C)C(Nc2cc3c(cc2Cl)OCO3)C1. The first-order valence-electron chi connectivity index (χ1n) is 7.90. The van der Waals surface area contributed by atoms with Crippen LogP contribution in [0.5, 0.6) is 11.5 Å². The van der Waals surface area contributed by atoms with E-state index in [1.54, 1.807) is 0 Å². The van der Waals surface area contributed by atoms with Crippen LogP contribution in [-0.4, -0.2) is 12.8 Å². The monoisotopic (exact) mass is 309 g/mol. The van der Waals surface area contributed by atoms with Crippen LogP contribution in [0.1, 0.15) is 40.0 Å². The highest BCUT2D eigenvalue weighted by Gasteiger charge is 2.31. The van der Waals surface area contributed by atoms with Crippen LogP contribution in [-0.2, 0) is 0 Å². The number of fused-ring (bicyclic) bond motifs is 1. The van der Waals surface area contributed by atoms with Crippen LogP contribution in [0.3, 0.4) is 0 Å². The van der Waals surface area contributed by atoms with E-state index in [9.17, 15) is 0 Å². The van der Waals surface area contributed by atoms with Gasteiger partial charge in [0.15, 0.2) is 11.5 Å². The molecule has 1 aliphatic carbocycles. The maximum atomic E-state index is 6.39. The molecule has 1 fully saturated rings. The number of benzene rings is 1. The second kappa shape index (κ2) is 5.96. The van der Waals surface area contributed by atoms with Gasteiger partial charge in [-0.1, -0.05) is 38.8 Å². The van der Waals surface area contributed by atoms with E-state index in [0.29, 0.717) is 22.9 Å². The molecule has 0 amide bonds. The number of hydrogen-bond donors (Lipinski definition) is 1. The summed E-state index contributed by atoms with van der Waals surface area (Å²) >= 11 is 6.39. The molecule has 4 heteroatoms. The normalized spacial score (nSPS) is 28.0. The van der Waals surface area contributed by atoms with Crippen LogP contribution in [0.4, 0.5) is 5.69 Å². The molecule has 3 nitrogen and oxygen atoms in total. The van der Waals surface area contributed by atoms with Gasteiger partial charge in [0.05, 0.1) is 10.7 Å². The minimum atomic E-state index is 0.282. The van der Waals surface area contributed by atoms with E-state index in [0.717, 1.165) is 23.1 Å². The van der Waals surface area contributed by atoms with E-state index >= 15 is 0 Å². The lowest BCUT2D eigenvalue weighted by Gasteiger charge is -2.38. The first kappa shape index (κ1) is 14.8. The molecule has 0 spiro atoms. The van der Waals surface area contributed by atoms with E-state index in [4.69, 9.17) is 21.1 Å². The maximum absolute atomic E-state index is 6.39. The third kappa shape index (κ3) is 3.08. The summed E-state index contributed by atoms with van der Waals surface area (Å²) in [6, 6.07) is 4.30. The number of ether oxygens (including phenoxy) is 2. The zero-order valence-corrected chi connectivity index (χ0v) is 13.7. The fraction of sp³-hybridized carbons (Fsp3) is 0.647. The van der Waals surface area contributed by atoms with Crippen LogP contribution in [0, 0.1) is 17.8 Å². The smallest absolute Gasteiger partial charge is 0.231 e. The van der Waals surface area contributed by atoms with Gasteiger partial charge in [-0.2, -0.15) is 0 Å². The highest BCUT2D eigenvalue weighted by Crippen LogP contribution is 2.41. The molecular weight excluding hydrogens is 286 g/mol. The van der Waals surface area contributed by atoms with Crippen molar-refractivity contribution in [3.8, 4) is 11.5 Å². The zero-order valence-electron chi connectivity index (χ0n) is 13.0. The van der Waals surface area contributed by atoms with Crippen molar-refractivity contribution in [2.75, 3.05) is 12.1 Å². The molecular formula is C17H24ClNO2. The van der Waals surface area contributed by atoms with Gasteiger partial charge in [0.25, 0.3) is 0 Å². The Bertz CT molecular complexity index is 518. The molecule has 3 rings (SSSR count). The second-order valence-corrected chi connectivity index (χ2v) is 7.17. The summed E-state index contributed by atoms with van der Waals surface area (Å²) in [6.45, 7) is 7.25. The molecule has 1 saturated carbocycles. The van der Waals surface area contributed by atoms with E-state index in [1.807, 2.05) is 12.1 Å². The van der Waals surface area contributed by atoms with E-state index in [2.05, 4.69) is 26.1 Å². The molecule has 0 bridgehead atoms. The minimum absolute atomic E-state index is 0.282. The Balaban J connectivity index is 1.81. The fourth-order valence-electron chi connectivity index (χ4n) is 3.60. The highest BCUT2D eigenvalue weighted by atomic mass is 35.5. The Labute approximate surface area is 132 Å². The van der Waals surface area contributed by atoms with Crippen molar-refractivity contribution < 1.29 is 9.47 Å². The summed E-state index contributed by atoms with van der Waals surface area (Å²) in [5.41, 5.74) is 0.964. The van der Waals surface area contributed by atoms with Crippen molar-refractivity contribution in [3.05, 3.63) is 17.2 Å². The van der Waals surface area contributed by atoms with Gasteiger partial charge in [0.2, 0.25) is 6.79 Å². The summed E-state index contributed by atoms with van der Waals surface area (Å²) in [6.07, 6.45) is 3.82. The molecule has 2 aliphatic rings. The average Bonchev–Trinajstić information content (AvgIpc) is 2.86. The Hall–Kier alpha value is -1.09. The number of anilines is 1. The minimum Gasteiger partial charge on any atom is -0.454 e. The van der Waals surface area contributed by atoms with Crippen LogP contribution >= 0.6 is 11.6 Å². The quantitative estimate of drug-likeness (QED) is 0.857. The van der Waals surface area contributed by atoms with Crippen LogP contribution in [0.25, 0.3) is 0 Å². The van der Waals surface area contributed by atoms with Gasteiger partial charge in [-0.15, -0.1) is 0 Å². The second-order valence-electron chi connectivity index (χ2n) is 6.76. The predicted molar refractivity (Wildman–Crippen MR) is 86.3 cm³/mol. The molecule has 1 N–H and O–H groups in total. The average molecular weight is 310 g/mol. The molecule has 1 aliphatic heterocycles. The van der Waals surface area contributed by atoms with Crippen molar-refractivity contribution >= 4 is 17.3 Å². The van der Waals surface area contributed by atoms with Crippen molar-refractivity contribution in [2.45, 2.75) is 46.1 Å². The molecule has 1 aromatic rings. The van der Waals surface area contributed by atoms with Gasteiger partial charge in [-0.25, -0.2) is 0 Å². The Morgan fingerprint density at radius 1 is 1.19 bits per heavy atom. The standard InChI is InChI=1S/C17H24ClNO2/c1-10(2)12-5-4-11(3)6-14(12)19-15-8-17-16(7-13(15)18)20-9-21-17/h7-8,10-12,14,19H,4-6,9H2,1-3H3. The van der Waals surface area contributed by atoms with Gasteiger partial charge in [-0.3, -0.25) is 0 Å². The predicted octanol–water partition coefficient (Wildman–Crippen LogP) is 4.94. The molecule has 0 aromatic heterocycles. The van der Waals surface area contributed by atoms with Crippen molar-refractivity contribution in [1.82, 2.24) is 0 Å². The number of hydrogen-bond acceptors (Lipinski definition) is 3. The van der Waals surface area contributed by atoms with E-state index in [-0.39, 0.29) is 6.79 Å². The van der Waals surface area contributed by atoms with Gasteiger partial charge >= 0.3 is 0 Å². The van der Waals surface area contributed by atoms with Gasteiger partial charge in [0, 0.05) is 18.2 Å². The molecule has 116 valence electrons. The molecule has 0 radical (unpaired) electrons. The van der Waals surface area contributed by atoms with Crippen LogP contribution in [0.2, 0.25) is 5.02 Å². The topological polar surface area (TPSA) is 30.5 Å². The van der Waals surface area contributed by atoms with E-state index in [1.165, 1.54) is 19.3 Å². The third-order valence-electron chi connectivity index (χ3n) is 4.83. The Morgan fingerprint density at radius 3 is 2.62 bits per heavy atom. The van der Waals surface area contributed by atoms with Gasteiger partial charge in [-0.05, 0) is 30.6 Å². The van der Waals surface area contributed by atoms with Crippen LogP contribution in [0.15, 0.2) is 12.1 Å². The molecule has 3 atom stereocenters. The van der Waals surface area contributed by atoms with Crippen LogP contribution < -0.4 is 14.8 Å². The Kier molecular flexibility index (Phi) is 4.21. The lowest BCUT2D eigenvalue weighted by molar-refractivity contribution is 0.174. The fourth-order valence-corrected chi connectivity index (χ4v) is 3.80. The molecule has 1 aromatic carbocycles. The van der Waals surface area contributed by atoms with Crippen molar-refractivity contribution in [3.63, 3.8) is 0 Å². The molecule has 0 saturated heterocycles. The largest absolute Gasteiger partial charge is 0.454 e. The summed E-state index contributed by atoms with van der Waals surface area (Å²) in [5, 5.41) is 4.38. The van der Waals surface area contributed by atoms with E-state index < -0.39 is 0 Å². The summed E-state index contributed by atoms with van der Waals surface area (Å²) in [4.78, 5) is 0. The summed E-state index contributed by atoms with van der Waals surface area (Å²) in [5.74, 6) is 3.67. The lowest BCUT2D eigenvalue weighted by atomic mass is 9.74. The van der Waals surface area contributed by atoms with Crippen molar-refractivity contribution in [1.29, 1.82) is 0 Å². The summed E-state index contributed by atoms with van der Waals surface area (Å²) in [7, 11) is 0. The highest BCUT2D eigenvalue weighted by molar-refractivity contribution is 6.33. The first-order chi connectivity index (χ1) is 10.0. The Morgan fingerprint density at radius 2 is 1.90 bits per heavy atom. The molecule has 3 unspecified atom stereocenters. The molecule has 1 heterocycles. The van der Waals surface area contributed by atoms with Gasteiger partial charge < -0.3 is 14.8 Å². The zero-order chi connectivity index (χ0) is 15.0. The third-order valence-corrected chi connectivity index (χ3v) is 5.14. The number of nitrogens with one attached hydrogen (secondary N) is 1. The first-order valence-corrected chi connectivity index (χ1v) is 8.28.